The number of hydrogen-bond donors (Lipinski definition) is 0. The maximum Gasteiger partial charge on any atom is 0.305 e. The van der Waals surface area contributed by atoms with Crippen molar-refractivity contribution in [3.63, 3.8) is 0 Å². The quantitative estimate of drug-likeness (QED) is 0.798. The second-order valence-electron chi connectivity index (χ2n) is 3.69. The molecule has 0 unspecified atom stereocenters. The fourth-order valence-corrected chi connectivity index (χ4v) is 3.30. The molecule has 0 fully saturated rings. The highest BCUT2D eigenvalue weighted by atomic mass is 32.1. The molecule has 0 saturated carbocycles. The second-order valence-corrected chi connectivity index (χ2v) is 5.29. The highest BCUT2D eigenvalue weighted by molar-refractivity contribution is 7.14. The first-order valence-corrected chi connectivity index (χ1v) is 7.07. The average Bonchev–Trinajstić information content (AvgIpc) is 2.94. The van der Waals surface area contributed by atoms with Crippen LogP contribution in [0.2, 0.25) is 0 Å². The van der Waals surface area contributed by atoms with Crippen LogP contribution in [0.1, 0.15) is 17.7 Å². The molecule has 2 rings (SSSR count). The summed E-state index contributed by atoms with van der Waals surface area (Å²) >= 11 is 3.31. The fourth-order valence-electron chi connectivity index (χ4n) is 1.46. The van der Waals surface area contributed by atoms with Gasteiger partial charge in [0.2, 0.25) is 0 Å². The van der Waals surface area contributed by atoms with E-state index in [-0.39, 0.29) is 5.97 Å². The molecule has 90 valence electrons. The van der Waals surface area contributed by atoms with Gasteiger partial charge < -0.3 is 4.74 Å². The molecule has 5 heteroatoms. The van der Waals surface area contributed by atoms with E-state index in [1.807, 2.05) is 5.38 Å². The third kappa shape index (κ3) is 2.92. The summed E-state index contributed by atoms with van der Waals surface area (Å²) in [6, 6.07) is 0. The first-order valence-electron chi connectivity index (χ1n) is 5.25. The van der Waals surface area contributed by atoms with Crippen LogP contribution in [-0.4, -0.2) is 18.1 Å². The average molecular weight is 267 g/mol. The lowest BCUT2D eigenvalue weighted by atomic mass is 10.2. The van der Waals surface area contributed by atoms with Gasteiger partial charge in [-0.05, 0) is 17.9 Å². The monoisotopic (exact) mass is 267 g/mol. The van der Waals surface area contributed by atoms with Crippen LogP contribution in [0.25, 0.3) is 10.6 Å². The summed E-state index contributed by atoms with van der Waals surface area (Å²) in [6.07, 6.45) is 1.04. The topological polar surface area (TPSA) is 39.2 Å². The van der Waals surface area contributed by atoms with Gasteiger partial charge in [-0.25, -0.2) is 4.98 Å². The van der Waals surface area contributed by atoms with Crippen molar-refractivity contribution in [3.05, 3.63) is 27.4 Å². The molecule has 0 atom stereocenters. The van der Waals surface area contributed by atoms with Gasteiger partial charge in [-0.2, -0.15) is 11.3 Å². The van der Waals surface area contributed by atoms with E-state index in [2.05, 4.69) is 27.4 Å². The third-order valence-corrected chi connectivity index (χ3v) is 4.24. The van der Waals surface area contributed by atoms with E-state index in [0.717, 1.165) is 10.7 Å². The first kappa shape index (κ1) is 12.3. The number of ether oxygens (including phenoxy) is 1. The molecule has 2 aromatic rings. The van der Waals surface area contributed by atoms with Gasteiger partial charge >= 0.3 is 5.97 Å². The number of carbonyl (C=O) groups is 1. The van der Waals surface area contributed by atoms with Crippen LogP contribution in [0.15, 0.2) is 16.1 Å². The molecule has 0 N–H and O–H groups in total. The number of methoxy groups -OCH3 is 1. The van der Waals surface area contributed by atoms with E-state index in [0.29, 0.717) is 12.8 Å². The Kier molecular flexibility index (Phi) is 3.91. The molecule has 0 bridgehead atoms. The number of thiophene rings is 1. The standard InChI is InChI=1S/C12H13NO2S2/c1-8-5-16-7-10(8)12-13-9(6-17-12)3-4-11(14)15-2/h5-7H,3-4H2,1-2H3. The molecule has 0 aliphatic rings. The summed E-state index contributed by atoms with van der Waals surface area (Å²) in [5, 5.41) is 7.27. The smallest absolute Gasteiger partial charge is 0.305 e. The Morgan fingerprint density at radius 3 is 2.88 bits per heavy atom. The molecule has 2 aromatic heterocycles. The molecule has 0 saturated heterocycles. The van der Waals surface area contributed by atoms with E-state index in [9.17, 15) is 4.79 Å². The Bertz CT molecular complexity index is 516. The summed E-state index contributed by atoms with van der Waals surface area (Å²) in [4.78, 5) is 15.6. The van der Waals surface area contributed by atoms with Gasteiger partial charge in [0, 0.05) is 22.7 Å². The molecule has 2 heterocycles. The lowest BCUT2D eigenvalue weighted by Gasteiger charge is -1.96. The van der Waals surface area contributed by atoms with Crippen molar-refractivity contribution in [2.24, 2.45) is 0 Å². The Hall–Kier alpha value is -1.20. The number of rotatable bonds is 4. The maximum atomic E-state index is 11.0. The normalized spacial score (nSPS) is 10.5. The molecule has 3 nitrogen and oxygen atoms in total. The van der Waals surface area contributed by atoms with E-state index >= 15 is 0 Å². The Balaban J connectivity index is 2.06. The summed E-state index contributed by atoms with van der Waals surface area (Å²) in [7, 11) is 1.41. The molecule has 0 radical (unpaired) electrons. The second kappa shape index (κ2) is 5.42. The van der Waals surface area contributed by atoms with Gasteiger partial charge in [-0.15, -0.1) is 11.3 Å². The largest absolute Gasteiger partial charge is 0.469 e. The van der Waals surface area contributed by atoms with Crippen molar-refractivity contribution in [1.82, 2.24) is 4.98 Å². The van der Waals surface area contributed by atoms with E-state index in [1.165, 1.54) is 18.2 Å². The number of aryl methyl sites for hydroxylation is 2. The zero-order valence-corrected chi connectivity index (χ0v) is 11.4. The summed E-state index contributed by atoms with van der Waals surface area (Å²) in [6.45, 7) is 2.08. The van der Waals surface area contributed by atoms with E-state index in [1.54, 1.807) is 22.7 Å². The van der Waals surface area contributed by atoms with E-state index in [4.69, 9.17) is 0 Å². The molecule has 0 aliphatic carbocycles. The summed E-state index contributed by atoms with van der Waals surface area (Å²) < 4.78 is 4.61. The third-order valence-electron chi connectivity index (χ3n) is 2.45. The lowest BCUT2D eigenvalue weighted by Crippen LogP contribution is -2.01. The summed E-state index contributed by atoms with van der Waals surface area (Å²) in [5.41, 5.74) is 3.41. The maximum absolute atomic E-state index is 11.0. The van der Waals surface area contributed by atoms with Gasteiger partial charge in [-0.1, -0.05) is 0 Å². The zero-order chi connectivity index (χ0) is 12.3. The van der Waals surface area contributed by atoms with Crippen LogP contribution in [0, 0.1) is 6.92 Å². The first-order chi connectivity index (χ1) is 8.20. The summed E-state index contributed by atoms with van der Waals surface area (Å²) in [5.74, 6) is -0.189. The fraction of sp³-hybridized carbons (Fsp3) is 0.333. The Labute approximate surface area is 108 Å². The van der Waals surface area contributed by atoms with Crippen LogP contribution in [0.3, 0.4) is 0 Å². The number of thiazole rings is 1. The van der Waals surface area contributed by atoms with Crippen molar-refractivity contribution >= 4 is 28.6 Å². The molecular weight excluding hydrogens is 254 g/mol. The minimum absolute atomic E-state index is 0.189. The van der Waals surface area contributed by atoms with Crippen molar-refractivity contribution in [3.8, 4) is 10.6 Å². The molecule has 0 aromatic carbocycles. The number of nitrogens with zero attached hydrogens (tertiary/aromatic N) is 1. The Morgan fingerprint density at radius 2 is 2.24 bits per heavy atom. The SMILES string of the molecule is COC(=O)CCc1csc(-c2cscc2C)n1. The lowest BCUT2D eigenvalue weighted by molar-refractivity contribution is -0.140. The number of carbonyl (C=O) groups excluding carboxylic acids is 1. The molecule has 17 heavy (non-hydrogen) atoms. The number of aromatic nitrogens is 1. The zero-order valence-electron chi connectivity index (χ0n) is 9.73. The van der Waals surface area contributed by atoms with Crippen LogP contribution >= 0.6 is 22.7 Å². The van der Waals surface area contributed by atoms with Crippen LogP contribution in [0.4, 0.5) is 0 Å². The number of hydrogen-bond acceptors (Lipinski definition) is 5. The number of esters is 1. The highest BCUT2D eigenvalue weighted by Gasteiger charge is 2.09. The molecule has 0 spiro atoms. The van der Waals surface area contributed by atoms with Crippen LogP contribution < -0.4 is 0 Å². The molecular formula is C12H13NO2S2. The van der Waals surface area contributed by atoms with Crippen molar-refractivity contribution < 1.29 is 9.53 Å². The predicted octanol–water partition coefficient (Wildman–Crippen LogP) is 3.29. The van der Waals surface area contributed by atoms with Crippen molar-refractivity contribution in [1.29, 1.82) is 0 Å². The molecule has 0 aliphatic heterocycles. The Morgan fingerprint density at radius 1 is 1.41 bits per heavy atom. The van der Waals surface area contributed by atoms with Gasteiger partial charge in [0.25, 0.3) is 0 Å². The van der Waals surface area contributed by atoms with Crippen molar-refractivity contribution in [2.45, 2.75) is 19.8 Å². The van der Waals surface area contributed by atoms with Gasteiger partial charge in [0.15, 0.2) is 0 Å². The van der Waals surface area contributed by atoms with Crippen molar-refractivity contribution in [2.75, 3.05) is 7.11 Å². The van der Waals surface area contributed by atoms with Gasteiger partial charge in [0.1, 0.15) is 5.01 Å². The van der Waals surface area contributed by atoms with Gasteiger partial charge in [-0.3, -0.25) is 4.79 Å². The van der Waals surface area contributed by atoms with E-state index < -0.39 is 0 Å². The van der Waals surface area contributed by atoms with Crippen LogP contribution in [0.5, 0.6) is 0 Å². The van der Waals surface area contributed by atoms with Crippen LogP contribution in [-0.2, 0) is 16.0 Å². The van der Waals surface area contributed by atoms with Gasteiger partial charge in [0.05, 0.1) is 19.2 Å². The molecule has 0 amide bonds. The highest BCUT2D eigenvalue weighted by Crippen LogP contribution is 2.29. The minimum atomic E-state index is -0.189. The minimum Gasteiger partial charge on any atom is -0.469 e. The predicted molar refractivity (Wildman–Crippen MR) is 70.5 cm³/mol.